The van der Waals surface area contributed by atoms with Gasteiger partial charge in [0.2, 0.25) is 0 Å². The zero-order valence-corrected chi connectivity index (χ0v) is 14.0. The Morgan fingerprint density at radius 3 is 2.35 bits per heavy atom. The van der Waals surface area contributed by atoms with Gasteiger partial charge in [0.15, 0.2) is 11.6 Å². The van der Waals surface area contributed by atoms with Crippen LogP contribution in [0, 0.1) is 17.1 Å². The largest absolute Gasteiger partial charge is 0.494 e. The van der Waals surface area contributed by atoms with E-state index in [9.17, 15) is 14.4 Å². The molecule has 0 aliphatic carbocycles. The van der Waals surface area contributed by atoms with Crippen LogP contribution in [0.25, 0.3) is 11.1 Å². The van der Waals surface area contributed by atoms with Gasteiger partial charge in [0, 0.05) is 11.3 Å². The molecule has 0 heterocycles. The minimum Gasteiger partial charge on any atom is -0.494 e. The summed E-state index contributed by atoms with van der Waals surface area (Å²) in [5.74, 6) is -0.285. The van der Waals surface area contributed by atoms with E-state index in [1.54, 1.807) is 48.5 Å². The summed E-state index contributed by atoms with van der Waals surface area (Å²) in [5, 5.41) is 12.6. The number of carbonyl (C=O) groups is 1. The van der Waals surface area contributed by atoms with Crippen LogP contribution in [0.2, 0.25) is 0 Å². The summed E-state index contributed by atoms with van der Waals surface area (Å²) in [6.45, 7) is 0. The van der Waals surface area contributed by atoms with Crippen molar-refractivity contribution in [2.24, 2.45) is 0 Å². The molecular weight excluding hydrogens is 331 g/mol. The summed E-state index contributed by atoms with van der Waals surface area (Å²) < 4.78 is 18.8. The molecule has 3 aromatic rings. The second kappa shape index (κ2) is 7.49. The third-order valence-electron chi connectivity index (χ3n) is 3.95. The van der Waals surface area contributed by atoms with Crippen LogP contribution in [0.15, 0.2) is 60.7 Å². The van der Waals surface area contributed by atoms with Gasteiger partial charge in [0.1, 0.15) is 12.4 Å². The summed E-state index contributed by atoms with van der Waals surface area (Å²) in [6.07, 6.45) is 0.771. The van der Waals surface area contributed by atoms with Gasteiger partial charge < -0.3 is 10.1 Å². The number of carbonyl (C=O) groups excluding carboxylic acids is 1. The Bertz CT molecular complexity index is 992. The Balaban J connectivity index is 1.91. The summed E-state index contributed by atoms with van der Waals surface area (Å²) >= 11 is 0. The molecule has 0 unspecified atom stereocenters. The maximum absolute atomic E-state index is 13.9. The van der Waals surface area contributed by atoms with E-state index >= 15 is 0 Å². The quantitative estimate of drug-likeness (QED) is 0.666. The van der Waals surface area contributed by atoms with E-state index in [2.05, 4.69) is 11.4 Å². The lowest BCUT2D eigenvalue weighted by molar-refractivity contribution is 0.112. The Kier molecular flexibility index (Phi) is 4.95. The van der Waals surface area contributed by atoms with Crippen molar-refractivity contribution in [1.29, 1.82) is 5.26 Å². The zero-order chi connectivity index (χ0) is 18.5. The Morgan fingerprint density at radius 1 is 1.04 bits per heavy atom. The molecule has 0 aliphatic heterocycles. The van der Waals surface area contributed by atoms with Crippen LogP contribution < -0.4 is 10.1 Å². The van der Waals surface area contributed by atoms with Gasteiger partial charge in [0.25, 0.3) is 0 Å². The highest BCUT2D eigenvalue weighted by Crippen LogP contribution is 2.29. The van der Waals surface area contributed by atoms with Crippen molar-refractivity contribution in [3.63, 3.8) is 0 Å². The molecule has 3 rings (SSSR count). The van der Waals surface area contributed by atoms with Crippen LogP contribution in [-0.4, -0.2) is 13.4 Å². The third-order valence-corrected chi connectivity index (χ3v) is 3.95. The van der Waals surface area contributed by atoms with Crippen LogP contribution >= 0.6 is 0 Å². The van der Waals surface area contributed by atoms with Gasteiger partial charge in [-0.1, -0.05) is 12.1 Å². The van der Waals surface area contributed by atoms with Crippen molar-refractivity contribution < 1.29 is 13.9 Å². The number of methoxy groups -OCH3 is 1. The van der Waals surface area contributed by atoms with E-state index in [-0.39, 0.29) is 5.75 Å². The Morgan fingerprint density at radius 2 is 1.73 bits per heavy atom. The van der Waals surface area contributed by atoms with Crippen molar-refractivity contribution in [3.8, 4) is 22.9 Å². The van der Waals surface area contributed by atoms with Crippen LogP contribution in [0.5, 0.6) is 5.75 Å². The highest BCUT2D eigenvalue weighted by molar-refractivity contribution is 5.77. The molecule has 0 fully saturated rings. The smallest absolute Gasteiger partial charge is 0.165 e. The van der Waals surface area contributed by atoms with E-state index in [0.717, 1.165) is 17.5 Å². The zero-order valence-electron chi connectivity index (χ0n) is 14.0. The maximum atomic E-state index is 13.9. The molecule has 3 aromatic carbocycles. The van der Waals surface area contributed by atoms with E-state index in [4.69, 9.17) is 4.74 Å². The molecule has 0 saturated carbocycles. The monoisotopic (exact) mass is 346 g/mol. The number of benzene rings is 3. The van der Waals surface area contributed by atoms with Crippen molar-refractivity contribution >= 4 is 17.7 Å². The van der Waals surface area contributed by atoms with Crippen LogP contribution in [0.4, 0.5) is 15.8 Å². The van der Waals surface area contributed by atoms with Crippen LogP contribution in [0.1, 0.15) is 15.9 Å². The normalized spacial score (nSPS) is 10.0. The lowest BCUT2D eigenvalue weighted by atomic mass is 10.0. The standard InChI is InChI=1S/C21H15FN2O2/c1-26-21-9-5-16(11-19(21)22)15-4-8-20(17(10-15)12-23)24-18-6-2-14(13-25)3-7-18/h2-11,13,24H,1H3. The van der Waals surface area contributed by atoms with Gasteiger partial charge in [-0.2, -0.15) is 5.26 Å². The summed E-state index contributed by atoms with van der Waals surface area (Å²) in [5.41, 5.74) is 3.78. The number of hydrogen-bond donors (Lipinski definition) is 1. The summed E-state index contributed by atoms with van der Waals surface area (Å²) in [4.78, 5) is 10.7. The number of aldehydes is 1. The predicted molar refractivity (Wildman–Crippen MR) is 98.2 cm³/mol. The van der Waals surface area contributed by atoms with Gasteiger partial charge >= 0.3 is 0 Å². The average molecular weight is 346 g/mol. The van der Waals surface area contributed by atoms with Crippen molar-refractivity contribution in [2.45, 2.75) is 0 Å². The highest BCUT2D eigenvalue weighted by atomic mass is 19.1. The highest BCUT2D eigenvalue weighted by Gasteiger charge is 2.09. The fourth-order valence-electron chi connectivity index (χ4n) is 2.57. The van der Waals surface area contributed by atoms with Crippen molar-refractivity contribution in [2.75, 3.05) is 12.4 Å². The third kappa shape index (κ3) is 3.55. The SMILES string of the molecule is COc1ccc(-c2ccc(Nc3ccc(C=O)cc3)c(C#N)c2)cc1F. The molecule has 0 atom stereocenters. The van der Waals surface area contributed by atoms with Gasteiger partial charge in [-0.15, -0.1) is 0 Å². The second-order valence-electron chi connectivity index (χ2n) is 5.59. The molecule has 0 aromatic heterocycles. The number of halogens is 1. The minimum atomic E-state index is -0.457. The molecule has 128 valence electrons. The Hall–Kier alpha value is -3.65. The van der Waals surface area contributed by atoms with Crippen LogP contribution in [-0.2, 0) is 0 Å². The van der Waals surface area contributed by atoms with Gasteiger partial charge in [-0.3, -0.25) is 4.79 Å². The van der Waals surface area contributed by atoms with E-state index in [1.165, 1.54) is 13.2 Å². The van der Waals surface area contributed by atoms with E-state index in [1.807, 2.05) is 6.07 Å². The number of hydrogen-bond acceptors (Lipinski definition) is 4. The number of anilines is 2. The minimum absolute atomic E-state index is 0.173. The molecule has 0 amide bonds. The van der Waals surface area contributed by atoms with Gasteiger partial charge in [-0.05, 0) is 59.7 Å². The van der Waals surface area contributed by atoms with Gasteiger partial charge in [-0.25, -0.2) is 4.39 Å². The molecule has 0 radical (unpaired) electrons. The lowest BCUT2D eigenvalue weighted by Crippen LogP contribution is -1.95. The number of ether oxygens (including phenoxy) is 1. The summed E-state index contributed by atoms with van der Waals surface area (Å²) in [6, 6.07) is 19.0. The van der Waals surface area contributed by atoms with E-state index < -0.39 is 5.82 Å². The molecule has 0 saturated heterocycles. The van der Waals surface area contributed by atoms with Gasteiger partial charge in [0.05, 0.1) is 18.4 Å². The molecule has 0 spiro atoms. The van der Waals surface area contributed by atoms with E-state index in [0.29, 0.717) is 22.4 Å². The first kappa shape index (κ1) is 17.2. The predicted octanol–water partition coefficient (Wildman–Crippen LogP) is 4.93. The Labute approximate surface area is 150 Å². The molecular formula is C21H15FN2O2. The molecule has 0 bridgehead atoms. The van der Waals surface area contributed by atoms with Crippen molar-refractivity contribution in [3.05, 3.63) is 77.6 Å². The lowest BCUT2D eigenvalue weighted by Gasteiger charge is -2.11. The van der Waals surface area contributed by atoms with Crippen molar-refractivity contribution in [1.82, 2.24) is 0 Å². The average Bonchev–Trinajstić information content (AvgIpc) is 2.68. The first-order valence-corrected chi connectivity index (χ1v) is 7.85. The number of nitrogens with one attached hydrogen (secondary N) is 1. The second-order valence-corrected chi connectivity index (χ2v) is 5.59. The molecule has 0 aliphatic rings. The first-order chi connectivity index (χ1) is 12.6. The topological polar surface area (TPSA) is 62.1 Å². The molecule has 26 heavy (non-hydrogen) atoms. The fraction of sp³-hybridized carbons (Fsp3) is 0.0476. The number of nitrogens with zero attached hydrogens (tertiary/aromatic N) is 1. The molecule has 4 nitrogen and oxygen atoms in total. The summed E-state index contributed by atoms with van der Waals surface area (Å²) in [7, 11) is 1.41. The van der Waals surface area contributed by atoms with Crippen LogP contribution in [0.3, 0.4) is 0 Å². The first-order valence-electron chi connectivity index (χ1n) is 7.85. The maximum Gasteiger partial charge on any atom is 0.165 e. The molecule has 1 N–H and O–H groups in total. The number of nitriles is 1. The number of rotatable bonds is 5. The fourth-order valence-corrected chi connectivity index (χ4v) is 2.57. The molecule has 5 heteroatoms.